The lowest BCUT2D eigenvalue weighted by molar-refractivity contribution is -0.139. The number of hydrogen-bond donors (Lipinski definition) is 3. The smallest absolute Gasteiger partial charge is 0.320 e. The number of carbonyl (C=O) groups is 1. The van der Waals surface area contributed by atoms with Gasteiger partial charge in [-0.1, -0.05) is 0 Å². The molecule has 0 radical (unpaired) electrons. The number of aromatic nitrogens is 2. The van der Waals surface area contributed by atoms with Crippen molar-refractivity contribution in [3.05, 3.63) is 17.5 Å². The van der Waals surface area contributed by atoms with Gasteiger partial charge in [0.1, 0.15) is 6.04 Å². The third-order valence-electron chi connectivity index (χ3n) is 1.90. The standard InChI is InChI=1S/C8H13N3O2/c1-5-7(4-10-11-5)3-9-6(2)8(12)13/h4,6,9H,3H2,1-2H3,(H,10,11)(H,12,13). The molecule has 0 aliphatic heterocycles. The minimum atomic E-state index is -0.846. The molecule has 1 aromatic heterocycles. The Bertz CT molecular complexity index is 295. The van der Waals surface area contributed by atoms with Crippen LogP contribution in [0.5, 0.6) is 0 Å². The summed E-state index contributed by atoms with van der Waals surface area (Å²) < 4.78 is 0. The molecule has 0 fully saturated rings. The van der Waals surface area contributed by atoms with Crippen LogP contribution in [0.4, 0.5) is 0 Å². The fourth-order valence-electron chi connectivity index (χ4n) is 0.904. The van der Waals surface area contributed by atoms with E-state index in [0.717, 1.165) is 11.3 Å². The third kappa shape index (κ3) is 2.55. The molecule has 1 unspecified atom stereocenters. The van der Waals surface area contributed by atoms with E-state index in [1.165, 1.54) is 0 Å². The van der Waals surface area contributed by atoms with Crippen LogP contribution in [0.2, 0.25) is 0 Å². The van der Waals surface area contributed by atoms with Gasteiger partial charge < -0.3 is 10.4 Å². The zero-order chi connectivity index (χ0) is 9.84. The molecule has 5 nitrogen and oxygen atoms in total. The number of nitrogens with one attached hydrogen (secondary N) is 2. The van der Waals surface area contributed by atoms with Crippen molar-refractivity contribution in [3.8, 4) is 0 Å². The summed E-state index contributed by atoms with van der Waals surface area (Å²) in [4.78, 5) is 10.5. The molecule has 0 aliphatic rings. The van der Waals surface area contributed by atoms with Gasteiger partial charge in [-0.05, 0) is 13.8 Å². The second-order valence-electron chi connectivity index (χ2n) is 2.96. The SMILES string of the molecule is Cc1[nH]ncc1CNC(C)C(=O)O. The summed E-state index contributed by atoms with van der Waals surface area (Å²) in [5.41, 5.74) is 1.96. The summed E-state index contributed by atoms with van der Waals surface area (Å²) in [7, 11) is 0. The van der Waals surface area contributed by atoms with E-state index >= 15 is 0 Å². The molecule has 72 valence electrons. The van der Waals surface area contributed by atoms with Gasteiger partial charge in [-0.25, -0.2) is 0 Å². The van der Waals surface area contributed by atoms with E-state index in [1.54, 1.807) is 13.1 Å². The molecule has 0 saturated heterocycles. The molecule has 0 amide bonds. The summed E-state index contributed by atoms with van der Waals surface area (Å²) in [6.07, 6.45) is 1.69. The van der Waals surface area contributed by atoms with Crippen molar-refractivity contribution in [1.29, 1.82) is 0 Å². The number of aryl methyl sites for hydroxylation is 1. The summed E-state index contributed by atoms with van der Waals surface area (Å²) in [5, 5.41) is 18.1. The molecule has 1 rings (SSSR count). The molecule has 13 heavy (non-hydrogen) atoms. The van der Waals surface area contributed by atoms with Crippen LogP contribution >= 0.6 is 0 Å². The maximum Gasteiger partial charge on any atom is 0.320 e. The van der Waals surface area contributed by atoms with Crippen molar-refractivity contribution in [3.63, 3.8) is 0 Å². The highest BCUT2D eigenvalue weighted by Crippen LogP contribution is 2.01. The van der Waals surface area contributed by atoms with Crippen molar-refractivity contribution in [2.24, 2.45) is 0 Å². The van der Waals surface area contributed by atoms with E-state index in [1.807, 2.05) is 6.92 Å². The number of carboxylic acid groups (broad SMARTS) is 1. The lowest BCUT2D eigenvalue weighted by Gasteiger charge is -2.07. The van der Waals surface area contributed by atoms with E-state index in [2.05, 4.69) is 15.5 Å². The number of carboxylic acids is 1. The van der Waals surface area contributed by atoms with E-state index in [9.17, 15) is 4.79 Å². The average Bonchev–Trinajstić information content (AvgIpc) is 2.47. The third-order valence-corrected chi connectivity index (χ3v) is 1.90. The maximum atomic E-state index is 10.5. The number of hydrogen-bond acceptors (Lipinski definition) is 3. The van der Waals surface area contributed by atoms with Crippen LogP contribution in [-0.4, -0.2) is 27.3 Å². The Morgan fingerprint density at radius 1 is 1.85 bits per heavy atom. The Morgan fingerprint density at radius 2 is 2.54 bits per heavy atom. The molecule has 1 atom stereocenters. The fourth-order valence-corrected chi connectivity index (χ4v) is 0.904. The highest BCUT2D eigenvalue weighted by Gasteiger charge is 2.10. The lowest BCUT2D eigenvalue weighted by atomic mass is 10.2. The second-order valence-corrected chi connectivity index (χ2v) is 2.96. The van der Waals surface area contributed by atoms with Gasteiger partial charge in [0.25, 0.3) is 0 Å². The first-order valence-corrected chi connectivity index (χ1v) is 4.06. The summed E-state index contributed by atoms with van der Waals surface area (Å²) in [6.45, 7) is 4.03. The summed E-state index contributed by atoms with van der Waals surface area (Å²) in [5.74, 6) is -0.846. The van der Waals surface area contributed by atoms with E-state index in [4.69, 9.17) is 5.11 Å². The Labute approximate surface area is 76.2 Å². The van der Waals surface area contributed by atoms with Crippen LogP contribution in [-0.2, 0) is 11.3 Å². The van der Waals surface area contributed by atoms with Crippen LogP contribution in [0.15, 0.2) is 6.20 Å². The molecule has 0 bridgehead atoms. The predicted molar refractivity (Wildman–Crippen MR) is 47.3 cm³/mol. The van der Waals surface area contributed by atoms with Crippen molar-refractivity contribution in [2.75, 3.05) is 0 Å². The Morgan fingerprint density at radius 3 is 3.00 bits per heavy atom. The molecule has 0 aromatic carbocycles. The largest absolute Gasteiger partial charge is 0.480 e. The minimum Gasteiger partial charge on any atom is -0.480 e. The van der Waals surface area contributed by atoms with Gasteiger partial charge >= 0.3 is 5.97 Å². The van der Waals surface area contributed by atoms with Crippen LogP contribution in [0.1, 0.15) is 18.2 Å². The molecule has 1 aromatic rings. The van der Waals surface area contributed by atoms with E-state index < -0.39 is 12.0 Å². The average molecular weight is 183 g/mol. The van der Waals surface area contributed by atoms with Gasteiger partial charge in [0.2, 0.25) is 0 Å². The molecule has 0 aliphatic carbocycles. The van der Waals surface area contributed by atoms with Crippen molar-refractivity contribution in [2.45, 2.75) is 26.4 Å². The minimum absolute atomic E-state index is 0.524. The first-order valence-electron chi connectivity index (χ1n) is 4.06. The quantitative estimate of drug-likeness (QED) is 0.626. The highest BCUT2D eigenvalue weighted by molar-refractivity contribution is 5.72. The van der Waals surface area contributed by atoms with Gasteiger partial charge in [-0.15, -0.1) is 0 Å². The maximum absolute atomic E-state index is 10.5. The lowest BCUT2D eigenvalue weighted by Crippen LogP contribution is -2.33. The first kappa shape index (κ1) is 9.73. The molecular weight excluding hydrogens is 170 g/mol. The van der Waals surface area contributed by atoms with Gasteiger partial charge in [-0.3, -0.25) is 9.89 Å². The fraction of sp³-hybridized carbons (Fsp3) is 0.500. The molecule has 0 spiro atoms. The number of rotatable bonds is 4. The Hall–Kier alpha value is -1.36. The predicted octanol–water partition coefficient (Wildman–Crippen LogP) is 0.281. The van der Waals surface area contributed by atoms with Crippen LogP contribution in [0, 0.1) is 6.92 Å². The number of aliphatic carboxylic acids is 1. The zero-order valence-corrected chi connectivity index (χ0v) is 7.66. The Balaban J connectivity index is 2.44. The van der Waals surface area contributed by atoms with E-state index in [-0.39, 0.29) is 0 Å². The van der Waals surface area contributed by atoms with Crippen LogP contribution < -0.4 is 5.32 Å². The molecule has 1 heterocycles. The molecule has 5 heteroatoms. The van der Waals surface area contributed by atoms with Gasteiger partial charge in [0.05, 0.1) is 6.20 Å². The van der Waals surface area contributed by atoms with E-state index in [0.29, 0.717) is 6.54 Å². The van der Waals surface area contributed by atoms with Crippen molar-refractivity contribution >= 4 is 5.97 Å². The number of aromatic amines is 1. The van der Waals surface area contributed by atoms with Crippen molar-refractivity contribution < 1.29 is 9.90 Å². The monoisotopic (exact) mass is 183 g/mol. The topological polar surface area (TPSA) is 78.0 Å². The number of H-pyrrole nitrogens is 1. The highest BCUT2D eigenvalue weighted by atomic mass is 16.4. The van der Waals surface area contributed by atoms with Crippen LogP contribution in [0.25, 0.3) is 0 Å². The molecular formula is C8H13N3O2. The zero-order valence-electron chi connectivity index (χ0n) is 7.66. The summed E-state index contributed by atoms with van der Waals surface area (Å²) in [6, 6.07) is -0.533. The Kier molecular flexibility index (Phi) is 3.02. The van der Waals surface area contributed by atoms with Gasteiger partial charge in [0.15, 0.2) is 0 Å². The second kappa shape index (κ2) is 4.04. The molecule has 3 N–H and O–H groups in total. The summed E-state index contributed by atoms with van der Waals surface area (Å²) >= 11 is 0. The number of nitrogens with zero attached hydrogens (tertiary/aromatic N) is 1. The normalized spacial score (nSPS) is 12.8. The van der Waals surface area contributed by atoms with Gasteiger partial charge in [0, 0.05) is 17.8 Å². The van der Waals surface area contributed by atoms with Crippen LogP contribution in [0.3, 0.4) is 0 Å². The van der Waals surface area contributed by atoms with Crippen molar-refractivity contribution in [1.82, 2.24) is 15.5 Å². The first-order chi connectivity index (χ1) is 6.11. The molecule has 0 saturated carbocycles. The van der Waals surface area contributed by atoms with Gasteiger partial charge in [-0.2, -0.15) is 5.10 Å².